The fraction of sp³-hybridized carbons (Fsp3) is 0.455. The highest BCUT2D eigenvalue weighted by Crippen LogP contribution is 2.16. The largest absolute Gasteiger partial charge is 0.330 e. The van der Waals surface area contributed by atoms with Crippen molar-refractivity contribution in [2.45, 2.75) is 13.3 Å². The molecule has 0 aliphatic carbocycles. The molecule has 1 amide bonds. The van der Waals surface area contributed by atoms with Crippen LogP contribution in [0.5, 0.6) is 0 Å². The molecule has 0 unspecified atom stereocenters. The van der Waals surface area contributed by atoms with Gasteiger partial charge in [0.05, 0.1) is 0 Å². The van der Waals surface area contributed by atoms with Crippen LogP contribution in [0, 0.1) is 0 Å². The van der Waals surface area contributed by atoms with Crippen LogP contribution in [0.1, 0.15) is 13.3 Å². The summed E-state index contributed by atoms with van der Waals surface area (Å²) in [5, 5.41) is 5.83. The number of allylic oxidation sites excluding steroid dienone is 3. The minimum absolute atomic E-state index is 0.0280. The molecule has 2 N–H and O–H groups in total. The van der Waals surface area contributed by atoms with E-state index in [1.54, 1.807) is 0 Å². The molecule has 0 aromatic rings. The normalized spacial score (nSPS) is 19.5. The average Bonchev–Trinajstić information content (AvgIpc) is 2.28. The Morgan fingerprint density at radius 1 is 1.56 bits per heavy atom. The van der Waals surface area contributed by atoms with E-state index in [0.717, 1.165) is 18.0 Å². The molecule has 0 radical (unpaired) electrons. The summed E-state index contributed by atoms with van der Waals surface area (Å²) in [6, 6.07) is 0. The molecular formula is C11H16N4O. The summed E-state index contributed by atoms with van der Waals surface area (Å²) in [6.45, 7) is 3.52. The van der Waals surface area contributed by atoms with Crippen molar-refractivity contribution in [3.8, 4) is 0 Å². The summed E-state index contributed by atoms with van der Waals surface area (Å²) in [6.07, 6.45) is 6.61. The van der Waals surface area contributed by atoms with Gasteiger partial charge in [0.2, 0.25) is 0 Å². The summed E-state index contributed by atoms with van der Waals surface area (Å²) in [7, 11) is 0. The topological polar surface area (TPSA) is 61.9 Å². The van der Waals surface area contributed by atoms with E-state index in [-0.39, 0.29) is 5.91 Å². The average molecular weight is 220 g/mol. The molecule has 0 aromatic carbocycles. The molecule has 2 aliphatic rings. The summed E-state index contributed by atoms with van der Waals surface area (Å²) in [4.78, 5) is 13.7. The number of hydrazone groups is 1. The third kappa shape index (κ3) is 1.99. The molecule has 0 aromatic heterocycles. The van der Waals surface area contributed by atoms with E-state index in [1.807, 2.05) is 30.1 Å². The zero-order chi connectivity index (χ0) is 11.5. The number of fused-ring (bicyclic) bond motifs is 1. The molecule has 86 valence electrons. The molecular weight excluding hydrogens is 204 g/mol. The Kier molecular flexibility index (Phi) is 3.05. The van der Waals surface area contributed by atoms with Crippen LogP contribution in [0.3, 0.4) is 0 Å². The van der Waals surface area contributed by atoms with E-state index in [9.17, 15) is 4.79 Å². The highest BCUT2D eigenvalue weighted by molar-refractivity contribution is 6.00. The molecule has 16 heavy (non-hydrogen) atoms. The second kappa shape index (κ2) is 4.49. The monoisotopic (exact) mass is 220 g/mol. The number of carbonyl (C=O) groups excluding carboxylic acids is 1. The fourth-order valence-electron chi connectivity index (χ4n) is 1.74. The minimum atomic E-state index is 0.0280. The predicted molar refractivity (Wildman–Crippen MR) is 62.4 cm³/mol. The number of rotatable bonds is 3. The van der Waals surface area contributed by atoms with Gasteiger partial charge in [-0.15, -0.1) is 0 Å². The summed E-state index contributed by atoms with van der Waals surface area (Å²) in [5.74, 6) is 0.858. The molecule has 0 saturated heterocycles. The molecule has 0 atom stereocenters. The van der Waals surface area contributed by atoms with Gasteiger partial charge in [0, 0.05) is 12.2 Å². The standard InChI is InChI=1S/C11H16N4O/c1-9-4-2-5-10-13-15(7-3-6-12)11(16)8-14(9)10/h2,4-5H,3,6-8,12H2,1H3. The molecule has 0 bridgehead atoms. The number of amides is 1. The lowest BCUT2D eigenvalue weighted by molar-refractivity contribution is -0.132. The predicted octanol–water partition coefficient (Wildman–Crippen LogP) is 0.267. The highest BCUT2D eigenvalue weighted by atomic mass is 16.2. The van der Waals surface area contributed by atoms with Crippen molar-refractivity contribution in [2.24, 2.45) is 10.8 Å². The zero-order valence-electron chi connectivity index (χ0n) is 9.39. The van der Waals surface area contributed by atoms with Gasteiger partial charge >= 0.3 is 0 Å². The summed E-state index contributed by atoms with van der Waals surface area (Å²) < 4.78 is 0. The minimum Gasteiger partial charge on any atom is -0.330 e. The van der Waals surface area contributed by atoms with Gasteiger partial charge in [-0.1, -0.05) is 6.08 Å². The van der Waals surface area contributed by atoms with Crippen molar-refractivity contribution in [1.82, 2.24) is 9.91 Å². The zero-order valence-corrected chi connectivity index (χ0v) is 9.39. The number of nitrogens with zero attached hydrogens (tertiary/aromatic N) is 3. The van der Waals surface area contributed by atoms with Crippen LogP contribution < -0.4 is 5.73 Å². The first-order chi connectivity index (χ1) is 7.72. The Balaban J connectivity index is 2.16. The van der Waals surface area contributed by atoms with Gasteiger partial charge in [0.15, 0.2) is 5.84 Å². The lowest BCUT2D eigenvalue weighted by atomic mass is 10.2. The van der Waals surface area contributed by atoms with Crippen molar-refractivity contribution >= 4 is 11.7 Å². The van der Waals surface area contributed by atoms with Gasteiger partial charge in [-0.3, -0.25) is 4.79 Å². The maximum Gasteiger partial charge on any atom is 0.262 e. The van der Waals surface area contributed by atoms with Gasteiger partial charge in [-0.05, 0) is 32.0 Å². The van der Waals surface area contributed by atoms with Gasteiger partial charge in [-0.2, -0.15) is 5.10 Å². The van der Waals surface area contributed by atoms with Crippen LogP contribution in [-0.4, -0.2) is 41.3 Å². The maximum atomic E-state index is 11.8. The van der Waals surface area contributed by atoms with Crippen molar-refractivity contribution in [3.63, 3.8) is 0 Å². The van der Waals surface area contributed by atoms with Crippen LogP contribution in [0.25, 0.3) is 0 Å². The fourth-order valence-corrected chi connectivity index (χ4v) is 1.74. The second-order valence-corrected chi connectivity index (χ2v) is 3.87. The number of amidine groups is 1. The van der Waals surface area contributed by atoms with Crippen LogP contribution in [0.4, 0.5) is 0 Å². The highest BCUT2D eigenvalue weighted by Gasteiger charge is 2.26. The van der Waals surface area contributed by atoms with Crippen molar-refractivity contribution < 1.29 is 4.79 Å². The number of carbonyl (C=O) groups is 1. The summed E-state index contributed by atoms with van der Waals surface area (Å²) in [5.41, 5.74) is 6.47. The van der Waals surface area contributed by atoms with Gasteiger partial charge < -0.3 is 10.6 Å². The van der Waals surface area contributed by atoms with Crippen LogP contribution >= 0.6 is 0 Å². The van der Waals surface area contributed by atoms with E-state index in [4.69, 9.17) is 5.73 Å². The van der Waals surface area contributed by atoms with Gasteiger partial charge in [0.25, 0.3) is 5.91 Å². The number of nitrogens with two attached hydrogens (primary N) is 1. The van der Waals surface area contributed by atoms with E-state index >= 15 is 0 Å². The van der Waals surface area contributed by atoms with Crippen molar-refractivity contribution in [3.05, 3.63) is 23.9 Å². The quantitative estimate of drug-likeness (QED) is 0.742. The Hall–Kier alpha value is -1.62. The molecule has 0 fully saturated rings. The first-order valence-corrected chi connectivity index (χ1v) is 5.44. The summed E-state index contributed by atoms with van der Waals surface area (Å²) >= 11 is 0. The Bertz CT molecular complexity index is 383. The van der Waals surface area contributed by atoms with Crippen LogP contribution in [0.2, 0.25) is 0 Å². The van der Waals surface area contributed by atoms with Gasteiger partial charge in [0.1, 0.15) is 6.54 Å². The SMILES string of the molecule is CC1=CC=CC2=NN(CCCN)C(=O)CN12. The smallest absolute Gasteiger partial charge is 0.262 e. The Morgan fingerprint density at radius 3 is 3.12 bits per heavy atom. The third-order valence-electron chi connectivity index (χ3n) is 2.66. The van der Waals surface area contributed by atoms with Crippen molar-refractivity contribution in [1.29, 1.82) is 0 Å². The lowest BCUT2D eigenvalue weighted by Gasteiger charge is -2.33. The maximum absolute atomic E-state index is 11.8. The first-order valence-electron chi connectivity index (χ1n) is 5.44. The van der Waals surface area contributed by atoms with E-state index in [1.165, 1.54) is 5.01 Å². The second-order valence-electron chi connectivity index (χ2n) is 3.87. The Labute approximate surface area is 94.9 Å². The van der Waals surface area contributed by atoms with Crippen LogP contribution in [0.15, 0.2) is 29.0 Å². The number of hydrogen-bond acceptors (Lipinski definition) is 4. The van der Waals surface area contributed by atoms with Crippen molar-refractivity contribution in [2.75, 3.05) is 19.6 Å². The third-order valence-corrected chi connectivity index (χ3v) is 2.66. The molecule has 0 spiro atoms. The molecule has 0 saturated carbocycles. The van der Waals surface area contributed by atoms with E-state index in [0.29, 0.717) is 19.6 Å². The van der Waals surface area contributed by atoms with Crippen LogP contribution in [-0.2, 0) is 4.79 Å². The molecule has 2 heterocycles. The molecule has 5 heteroatoms. The number of hydrogen-bond donors (Lipinski definition) is 1. The van der Waals surface area contributed by atoms with E-state index < -0.39 is 0 Å². The molecule has 2 rings (SSSR count). The Morgan fingerprint density at radius 2 is 2.38 bits per heavy atom. The molecule has 5 nitrogen and oxygen atoms in total. The first kappa shape index (κ1) is 10.9. The van der Waals surface area contributed by atoms with E-state index in [2.05, 4.69) is 5.10 Å². The molecule has 2 aliphatic heterocycles. The lowest BCUT2D eigenvalue weighted by Crippen LogP contribution is -2.46. The van der Waals surface area contributed by atoms with Gasteiger partial charge in [-0.25, -0.2) is 5.01 Å².